The Balaban J connectivity index is 1.68. The van der Waals surface area contributed by atoms with Crippen molar-refractivity contribution in [2.75, 3.05) is 45.4 Å². The molecule has 0 unspecified atom stereocenters. The van der Waals surface area contributed by atoms with Crippen molar-refractivity contribution in [3.63, 3.8) is 0 Å². The number of anilines is 1. The summed E-state index contributed by atoms with van der Waals surface area (Å²) in [6, 6.07) is 10.9. The van der Waals surface area contributed by atoms with Crippen LogP contribution in [0.25, 0.3) is 0 Å². The van der Waals surface area contributed by atoms with Gasteiger partial charge in [0.15, 0.2) is 17.3 Å². The summed E-state index contributed by atoms with van der Waals surface area (Å²) in [5.74, 6) is 3.50. The zero-order valence-corrected chi connectivity index (χ0v) is 18.1. The zero-order valence-electron chi connectivity index (χ0n) is 18.1. The average molecular weight is 424 g/mol. The van der Waals surface area contributed by atoms with Crippen LogP contribution >= 0.6 is 0 Å². The standard InChI is InChI=1S/C24H28N2O5/c1-28-18-8-10-21(29-2)19(15-18)26(24-6-4-3-5-11-25-24)16-20(27)17-7-9-22-23(14-17)31-13-12-30-22/h7-10,14-15H,3-6,11-13,16H2,1-2H3. The Morgan fingerprint density at radius 3 is 2.65 bits per heavy atom. The zero-order chi connectivity index (χ0) is 21.6. The van der Waals surface area contributed by atoms with Crippen molar-refractivity contribution in [1.29, 1.82) is 0 Å². The summed E-state index contributed by atoms with van der Waals surface area (Å²) in [6.07, 6.45) is 4.05. The molecule has 0 spiro atoms. The van der Waals surface area contributed by atoms with E-state index in [1.54, 1.807) is 32.4 Å². The molecule has 0 N–H and O–H groups in total. The monoisotopic (exact) mass is 424 g/mol. The fourth-order valence-corrected chi connectivity index (χ4v) is 3.85. The number of Topliss-reactive ketones (excluding diaryl/α,β-unsaturated/α-hetero) is 1. The Hall–Kier alpha value is -3.22. The van der Waals surface area contributed by atoms with Gasteiger partial charge >= 0.3 is 0 Å². The third kappa shape index (κ3) is 4.76. The van der Waals surface area contributed by atoms with Gasteiger partial charge in [0.05, 0.1) is 26.5 Å². The fraction of sp³-hybridized carbons (Fsp3) is 0.417. The van der Waals surface area contributed by atoms with Gasteiger partial charge in [-0.1, -0.05) is 6.42 Å². The Kier molecular flexibility index (Phi) is 6.60. The maximum absolute atomic E-state index is 13.3. The number of hydrogen-bond donors (Lipinski definition) is 0. The minimum Gasteiger partial charge on any atom is -0.497 e. The van der Waals surface area contributed by atoms with Crippen LogP contribution in [0.15, 0.2) is 41.4 Å². The summed E-state index contributed by atoms with van der Waals surface area (Å²) < 4.78 is 22.3. The molecule has 0 fully saturated rings. The number of carbonyl (C=O) groups excluding carboxylic acids is 1. The van der Waals surface area contributed by atoms with E-state index in [1.165, 1.54) is 0 Å². The molecule has 7 nitrogen and oxygen atoms in total. The predicted octanol–water partition coefficient (Wildman–Crippen LogP) is 4.14. The molecule has 31 heavy (non-hydrogen) atoms. The first-order chi connectivity index (χ1) is 15.2. The van der Waals surface area contributed by atoms with E-state index in [-0.39, 0.29) is 12.3 Å². The minimum absolute atomic E-state index is 0.0335. The molecule has 0 saturated carbocycles. The Morgan fingerprint density at radius 1 is 1.00 bits per heavy atom. The van der Waals surface area contributed by atoms with Crippen LogP contribution < -0.4 is 23.8 Å². The smallest absolute Gasteiger partial charge is 0.182 e. The lowest BCUT2D eigenvalue weighted by Gasteiger charge is -2.27. The molecule has 164 valence electrons. The molecule has 2 aromatic carbocycles. The topological polar surface area (TPSA) is 69.6 Å². The summed E-state index contributed by atoms with van der Waals surface area (Å²) in [6.45, 7) is 1.90. The van der Waals surface area contributed by atoms with E-state index in [0.29, 0.717) is 41.8 Å². The molecule has 2 aromatic rings. The minimum atomic E-state index is -0.0335. The first-order valence-electron chi connectivity index (χ1n) is 10.7. The highest BCUT2D eigenvalue weighted by molar-refractivity contribution is 6.08. The van der Waals surface area contributed by atoms with Crippen LogP contribution in [-0.4, -0.2) is 52.1 Å². The van der Waals surface area contributed by atoms with Crippen molar-refractivity contribution in [2.24, 2.45) is 4.99 Å². The molecule has 2 heterocycles. The number of methoxy groups -OCH3 is 2. The van der Waals surface area contributed by atoms with Crippen LogP contribution in [0.2, 0.25) is 0 Å². The molecule has 0 atom stereocenters. The number of ether oxygens (including phenoxy) is 4. The number of carbonyl (C=O) groups is 1. The summed E-state index contributed by atoms with van der Waals surface area (Å²) in [5, 5.41) is 0. The molecule has 0 aliphatic carbocycles. The van der Waals surface area contributed by atoms with Crippen molar-refractivity contribution >= 4 is 17.3 Å². The fourth-order valence-electron chi connectivity index (χ4n) is 3.85. The quantitative estimate of drug-likeness (QED) is 0.650. The lowest BCUT2D eigenvalue weighted by Crippen LogP contribution is -2.36. The van der Waals surface area contributed by atoms with E-state index < -0.39 is 0 Å². The van der Waals surface area contributed by atoms with Crippen molar-refractivity contribution in [1.82, 2.24) is 0 Å². The van der Waals surface area contributed by atoms with E-state index in [1.807, 2.05) is 23.1 Å². The molecule has 0 aromatic heterocycles. The van der Waals surface area contributed by atoms with Gasteiger partial charge in [0.25, 0.3) is 0 Å². The van der Waals surface area contributed by atoms with Crippen molar-refractivity contribution in [2.45, 2.75) is 25.7 Å². The van der Waals surface area contributed by atoms with Crippen LogP contribution in [0.4, 0.5) is 5.69 Å². The molecule has 0 radical (unpaired) electrons. The van der Waals surface area contributed by atoms with Gasteiger partial charge in [0, 0.05) is 24.6 Å². The highest BCUT2D eigenvalue weighted by Gasteiger charge is 2.24. The van der Waals surface area contributed by atoms with Gasteiger partial charge in [0.2, 0.25) is 0 Å². The number of rotatable bonds is 6. The van der Waals surface area contributed by atoms with Crippen LogP contribution in [0, 0.1) is 0 Å². The summed E-state index contributed by atoms with van der Waals surface area (Å²) in [4.78, 5) is 20.1. The third-order valence-corrected chi connectivity index (χ3v) is 5.51. The normalized spacial score (nSPS) is 15.5. The van der Waals surface area contributed by atoms with E-state index in [0.717, 1.165) is 43.8 Å². The third-order valence-electron chi connectivity index (χ3n) is 5.51. The van der Waals surface area contributed by atoms with Crippen LogP contribution in [0.5, 0.6) is 23.0 Å². The first kappa shape index (κ1) is 21.0. The van der Waals surface area contributed by atoms with Crippen LogP contribution in [0.1, 0.15) is 36.0 Å². The number of benzene rings is 2. The summed E-state index contributed by atoms with van der Waals surface area (Å²) in [7, 11) is 3.25. The predicted molar refractivity (Wildman–Crippen MR) is 119 cm³/mol. The average Bonchev–Trinajstić information content (AvgIpc) is 3.11. The maximum Gasteiger partial charge on any atom is 0.182 e. The maximum atomic E-state index is 13.3. The van der Waals surface area contributed by atoms with E-state index in [2.05, 4.69) is 0 Å². The van der Waals surface area contributed by atoms with Crippen molar-refractivity contribution in [3.05, 3.63) is 42.0 Å². The van der Waals surface area contributed by atoms with Gasteiger partial charge in [-0.3, -0.25) is 9.79 Å². The first-order valence-corrected chi connectivity index (χ1v) is 10.7. The Bertz CT molecular complexity index is 972. The number of aliphatic imine (C=N–C) groups is 1. The van der Waals surface area contributed by atoms with Gasteiger partial charge in [-0.15, -0.1) is 0 Å². The van der Waals surface area contributed by atoms with Crippen LogP contribution in [0.3, 0.4) is 0 Å². The lowest BCUT2D eigenvalue weighted by atomic mass is 10.1. The van der Waals surface area contributed by atoms with Gasteiger partial charge in [-0.25, -0.2) is 0 Å². The van der Waals surface area contributed by atoms with Crippen LogP contribution in [-0.2, 0) is 0 Å². The molecule has 0 saturated heterocycles. The SMILES string of the molecule is COc1ccc(OC)c(N(CC(=O)c2ccc3c(c2)OCCO3)C2=NCCCCC2)c1. The highest BCUT2D eigenvalue weighted by Crippen LogP contribution is 2.35. The van der Waals surface area contributed by atoms with E-state index in [4.69, 9.17) is 23.9 Å². The molecular weight excluding hydrogens is 396 g/mol. The lowest BCUT2D eigenvalue weighted by molar-refractivity contribution is 0.100. The molecule has 0 bridgehead atoms. The molecule has 0 amide bonds. The number of amidine groups is 1. The molecule has 2 aliphatic rings. The second-order valence-electron chi connectivity index (χ2n) is 7.51. The second-order valence-corrected chi connectivity index (χ2v) is 7.51. The Labute approximate surface area is 182 Å². The number of nitrogens with zero attached hydrogens (tertiary/aromatic N) is 2. The van der Waals surface area contributed by atoms with Gasteiger partial charge in [-0.2, -0.15) is 0 Å². The number of hydrogen-bond acceptors (Lipinski definition) is 7. The second kappa shape index (κ2) is 9.73. The largest absolute Gasteiger partial charge is 0.497 e. The summed E-state index contributed by atoms with van der Waals surface area (Å²) in [5.41, 5.74) is 1.35. The van der Waals surface area contributed by atoms with Crippen molar-refractivity contribution in [3.8, 4) is 23.0 Å². The van der Waals surface area contributed by atoms with Gasteiger partial charge in [0.1, 0.15) is 30.5 Å². The number of ketones is 1. The van der Waals surface area contributed by atoms with E-state index in [9.17, 15) is 4.79 Å². The molecule has 2 aliphatic heterocycles. The van der Waals surface area contributed by atoms with Gasteiger partial charge < -0.3 is 23.8 Å². The molecule has 7 heteroatoms. The Morgan fingerprint density at radius 2 is 1.84 bits per heavy atom. The highest BCUT2D eigenvalue weighted by atomic mass is 16.6. The summed E-state index contributed by atoms with van der Waals surface area (Å²) >= 11 is 0. The molecule has 4 rings (SSSR count). The van der Waals surface area contributed by atoms with Crippen molar-refractivity contribution < 1.29 is 23.7 Å². The van der Waals surface area contributed by atoms with E-state index >= 15 is 0 Å². The number of fused-ring (bicyclic) bond motifs is 1. The molecular formula is C24H28N2O5. The van der Waals surface area contributed by atoms with Gasteiger partial charge in [-0.05, 0) is 43.2 Å².